The molecule has 1 aromatic carbocycles. The molecule has 1 aliphatic rings. The molecule has 0 saturated carbocycles. The first-order chi connectivity index (χ1) is 12.3. The van der Waals surface area contributed by atoms with Gasteiger partial charge in [0.05, 0.1) is 12.0 Å². The summed E-state index contributed by atoms with van der Waals surface area (Å²) >= 11 is 0. The highest BCUT2D eigenvalue weighted by atomic mass is 16.5. The van der Waals surface area contributed by atoms with Crippen molar-refractivity contribution in [1.82, 2.24) is 10.3 Å². The maximum absolute atomic E-state index is 12.3. The number of carbonyl (C=O) groups is 1. The highest BCUT2D eigenvalue weighted by molar-refractivity contribution is 5.96. The first kappa shape index (κ1) is 15.8. The second-order valence-electron chi connectivity index (χ2n) is 6.34. The summed E-state index contributed by atoms with van der Waals surface area (Å²) in [5.74, 6) is 0.479. The molecule has 0 atom stereocenters. The first-order valence-electron chi connectivity index (χ1n) is 8.60. The molecule has 0 spiro atoms. The van der Waals surface area contributed by atoms with Crippen LogP contribution in [0.25, 0.3) is 22.2 Å². The molecule has 0 aliphatic carbocycles. The Bertz CT molecular complexity index is 864. The number of ether oxygens (including phenoxy) is 1. The molecule has 25 heavy (non-hydrogen) atoms. The number of nitrogens with zero attached hydrogens (tertiary/aromatic N) is 1. The molecule has 3 aromatic rings. The monoisotopic (exact) mass is 336 g/mol. The maximum Gasteiger partial charge on any atom is 0.251 e. The minimum absolute atomic E-state index is 0.0347. The number of hydrogen-bond acceptors (Lipinski definition) is 4. The lowest BCUT2D eigenvalue weighted by Gasteiger charge is -2.22. The summed E-state index contributed by atoms with van der Waals surface area (Å²) in [6, 6.07) is 11.3. The van der Waals surface area contributed by atoms with Gasteiger partial charge in [-0.1, -0.05) is 12.1 Å². The molecule has 1 aliphatic heterocycles. The molecule has 1 amide bonds. The van der Waals surface area contributed by atoms with E-state index in [9.17, 15) is 4.79 Å². The van der Waals surface area contributed by atoms with Crippen LogP contribution in [0.2, 0.25) is 0 Å². The average Bonchev–Trinajstić information content (AvgIpc) is 3.16. The zero-order chi connectivity index (χ0) is 17.1. The summed E-state index contributed by atoms with van der Waals surface area (Å²) in [7, 11) is 0. The number of benzene rings is 1. The van der Waals surface area contributed by atoms with Gasteiger partial charge in [-0.25, -0.2) is 0 Å². The fraction of sp³-hybridized carbons (Fsp3) is 0.300. The Morgan fingerprint density at radius 2 is 1.92 bits per heavy atom. The highest BCUT2D eigenvalue weighted by Crippen LogP contribution is 2.27. The van der Waals surface area contributed by atoms with Crippen LogP contribution in [0.15, 0.2) is 53.3 Å². The molecule has 2 aromatic heterocycles. The molecule has 1 N–H and O–H groups in total. The Morgan fingerprint density at radius 1 is 1.12 bits per heavy atom. The van der Waals surface area contributed by atoms with E-state index in [1.807, 2.05) is 36.4 Å². The maximum atomic E-state index is 12.3. The number of aromatic nitrogens is 1. The molecule has 4 rings (SSSR count). The van der Waals surface area contributed by atoms with Crippen molar-refractivity contribution in [2.24, 2.45) is 5.92 Å². The minimum atomic E-state index is -0.0347. The van der Waals surface area contributed by atoms with Gasteiger partial charge in [-0.3, -0.25) is 9.78 Å². The van der Waals surface area contributed by atoms with Crippen molar-refractivity contribution in [3.63, 3.8) is 0 Å². The molecule has 0 radical (unpaired) electrons. The van der Waals surface area contributed by atoms with E-state index < -0.39 is 0 Å². The third kappa shape index (κ3) is 3.42. The predicted molar refractivity (Wildman–Crippen MR) is 95.3 cm³/mol. The summed E-state index contributed by atoms with van der Waals surface area (Å²) in [4.78, 5) is 16.8. The van der Waals surface area contributed by atoms with Gasteiger partial charge in [-0.2, -0.15) is 0 Å². The number of carbonyl (C=O) groups excluding carboxylic acids is 1. The van der Waals surface area contributed by atoms with Gasteiger partial charge in [0.25, 0.3) is 5.91 Å². The van der Waals surface area contributed by atoms with E-state index >= 15 is 0 Å². The van der Waals surface area contributed by atoms with E-state index in [0.29, 0.717) is 18.0 Å². The Labute approximate surface area is 146 Å². The summed E-state index contributed by atoms with van der Waals surface area (Å²) in [5.41, 5.74) is 3.30. The van der Waals surface area contributed by atoms with Crippen LogP contribution < -0.4 is 5.32 Å². The molecule has 1 saturated heterocycles. The van der Waals surface area contributed by atoms with E-state index in [0.717, 1.165) is 48.3 Å². The molecule has 3 heterocycles. The molecular weight excluding hydrogens is 316 g/mol. The lowest BCUT2D eigenvalue weighted by atomic mass is 10.00. The second-order valence-corrected chi connectivity index (χ2v) is 6.34. The van der Waals surface area contributed by atoms with Gasteiger partial charge in [0, 0.05) is 42.5 Å². The number of hydrogen-bond donors (Lipinski definition) is 1. The lowest BCUT2D eigenvalue weighted by molar-refractivity contribution is 0.0642. The van der Waals surface area contributed by atoms with Crippen LogP contribution in [0.4, 0.5) is 0 Å². The molecular formula is C20H20N2O3. The Morgan fingerprint density at radius 3 is 2.72 bits per heavy atom. The topological polar surface area (TPSA) is 64.4 Å². The molecule has 1 fully saturated rings. The zero-order valence-electron chi connectivity index (χ0n) is 13.9. The van der Waals surface area contributed by atoms with Crippen LogP contribution >= 0.6 is 0 Å². The largest absolute Gasteiger partial charge is 0.464 e. The fourth-order valence-corrected chi connectivity index (χ4v) is 3.19. The van der Waals surface area contributed by atoms with Crippen LogP contribution in [0, 0.1) is 5.92 Å². The summed E-state index contributed by atoms with van der Waals surface area (Å²) in [5, 5.41) is 4.00. The van der Waals surface area contributed by atoms with Crippen LogP contribution in [0.1, 0.15) is 23.2 Å². The van der Waals surface area contributed by atoms with Crippen molar-refractivity contribution < 1.29 is 13.9 Å². The second kappa shape index (κ2) is 7.07. The number of furan rings is 1. The van der Waals surface area contributed by atoms with Gasteiger partial charge in [0.1, 0.15) is 5.58 Å². The van der Waals surface area contributed by atoms with Gasteiger partial charge in [-0.15, -0.1) is 0 Å². The lowest BCUT2D eigenvalue weighted by Crippen LogP contribution is -2.32. The highest BCUT2D eigenvalue weighted by Gasteiger charge is 2.15. The van der Waals surface area contributed by atoms with E-state index in [1.165, 1.54) is 0 Å². The van der Waals surface area contributed by atoms with Crippen LogP contribution in [0.3, 0.4) is 0 Å². The van der Waals surface area contributed by atoms with Crippen molar-refractivity contribution in [3.05, 3.63) is 54.4 Å². The van der Waals surface area contributed by atoms with E-state index in [2.05, 4.69) is 10.3 Å². The molecule has 5 nitrogen and oxygen atoms in total. The van der Waals surface area contributed by atoms with Crippen LogP contribution in [0.5, 0.6) is 0 Å². The van der Waals surface area contributed by atoms with Crippen molar-refractivity contribution >= 4 is 16.9 Å². The van der Waals surface area contributed by atoms with Crippen LogP contribution in [-0.4, -0.2) is 30.6 Å². The van der Waals surface area contributed by atoms with Crippen molar-refractivity contribution in [1.29, 1.82) is 0 Å². The summed E-state index contributed by atoms with van der Waals surface area (Å²) < 4.78 is 10.8. The number of rotatable bonds is 4. The molecule has 5 heteroatoms. The third-order valence-corrected chi connectivity index (χ3v) is 4.69. The number of nitrogens with one attached hydrogen (secondary N) is 1. The summed E-state index contributed by atoms with van der Waals surface area (Å²) in [6.07, 6.45) is 5.42. The Hall–Kier alpha value is -2.66. The molecule has 128 valence electrons. The Kier molecular flexibility index (Phi) is 4.48. The third-order valence-electron chi connectivity index (χ3n) is 4.69. The van der Waals surface area contributed by atoms with Crippen molar-refractivity contribution in [3.8, 4) is 11.3 Å². The van der Waals surface area contributed by atoms with E-state index in [1.54, 1.807) is 12.5 Å². The number of fused-ring (bicyclic) bond motifs is 1. The zero-order valence-corrected chi connectivity index (χ0v) is 13.9. The van der Waals surface area contributed by atoms with Gasteiger partial charge >= 0.3 is 0 Å². The molecule has 0 bridgehead atoms. The first-order valence-corrected chi connectivity index (χ1v) is 8.60. The normalized spacial score (nSPS) is 15.4. The number of amides is 1. The minimum Gasteiger partial charge on any atom is -0.464 e. The van der Waals surface area contributed by atoms with Gasteiger partial charge < -0.3 is 14.5 Å². The van der Waals surface area contributed by atoms with Gasteiger partial charge in [-0.05, 0) is 43.0 Å². The van der Waals surface area contributed by atoms with Crippen LogP contribution in [-0.2, 0) is 4.74 Å². The summed E-state index contributed by atoms with van der Waals surface area (Å²) in [6.45, 7) is 2.30. The van der Waals surface area contributed by atoms with E-state index in [-0.39, 0.29) is 5.91 Å². The van der Waals surface area contributed by atoms with E-state index in [4.69, 9.17) is 9.15 Å². The predicted octanol–water partition coefficient (Wildman–Crippen LogP) is 3.65. The Balaban J connectivity index is 1.46. The van der Waals surface area contributed by atoms with Crippen molar-refractivity contribution in [2.45, 2.75) is 12.8 Å². The standard InChI is InChI=1S/C20H20N2O3/c23-20(22-13-14-6-10-24-11-7-14)16-3-1-15(2-4-16)19-17-8-12-25-18(17)5-9-21-19/h1-5,8-9,12,14H,6-7,10-11,13H2,(H,22,23). The number of pyridine rings is 1. The van der Waals surface area contributed by atoms with Gasteiger partial charge in [0.2, 0.25) is 0 Å². The quantitative estimate of drug-likeness (QED) is 0.790. The SMILES string of the molecule is O=C(NCC1CCOCC1)c1ccc(-c2nccc3occc23)cc1. The smallest absolute Gasteiger partial charge is 0.251 e. The van der Waals surface area contributed by atoms with Crippen molar-refractivity contribution in [2.75, 3.05) is 19.8 Å². The van der Waals surface area contributed by atoms with Gasteiger partial charge in [0.15, 0.2) is 0 Å². The molecule has 0 unspecified atom stereocenters. The average molecular weight is 336 g/mol. The fourth-order valence-electron chi connectivity index (χ4n) is 3.19.